The number of nitrogens with one attached hydrogen (secondary N) is 1. The Morgan fingerprint density at radius 2 is 1.56 bits per heavy atom. The van der Waals surface area contributed by atoms with Gasteiger partial charge in [-0.2, -0.15) is 0 Å². The summed E-state index contributed by atoms with van der Waals surface area (Å²) in [5, 5.41) is 3.16. The molecule has 36 heavy (non-hydrogen) atoms. The molecule has 7 nitrogen and oxygen atoms in total. The van der Waals surface area contributed by atoms with Crippen LogP contribution in [0.4, 0.5) is 5.69 Å². The number of carbonyl (C=O) groups excluding carboxylic acids is 2. The second-order valence-corrected chi connectivity index (χ2v) is 10.6. The van der Waals surface area contributed by atoms with Gasteiger partial charge in [-0.05, 0) is 55.3 Å². The maximum absolute atomic E-state index is 13.8. The number of halogens is 1. The first-order valence-electron chi connectivity index (χ1n) is 11.6. The molecule has 3 aromatic rings. The molecule has 0 saturated heterocycles. The zero-order valence-electron chi connectivity index (χ0n) is 20.5. The van der Waals surface area contributed by atoms with Gasteiger partial charge in [0.05, 0.1) is 10.6 Å². The minimum atomic E-state index is -4.06. The van der Waals surface area contributed by atoms with Gasteiger partial charge in [0.1, 0.15) is 12.6 Å². The van der Waals surface area contributed by atoms with Crippen LogP contribution < -0.4 is 9.62 Å². The standard InChI is InChI=1S/C27H30ClN3O4S/c1-4-25(27(33)29-3)30(18-21-12-14-22(28)15-13-21)26(32)19-31(23-16-10-20(2)11-17-23)36(34,35)24-8-6-5-7-9-24/h5-17,25H,4,18-19H2,1-3H3,(H,29,33)/t25-/m1/s1. The van der Waals surface area contributed by atoms with Crippen molar-refractivity contribution in [3.8, 4) is 0 Å². The monoisotopic (exact) mass is 527 g/mol. The van der Waals surface area contributed by atoms with Gasteiger partial charge in [-0.3, -0.25) is 13.9 Å². The Morgan fingerprint density at radius 3 is 2.11 bits per heavy atom. The predicted molar refractivity (Wildman–Crippen MR) is 142 cm³/mol. The van der Waals surface area contributed by atoms with Crippen LogP contribution in [0.5, 0.6) is 0 Å². The zero-order valence-corrected chi connectivity index (χ0v) is 22.1. The van der Waals surface area contributed by atoms with Crippen molar-refractivity contribution in [2.24, 2.45) is 0 Å². The third kappa shape index (κ3) is 6.44. The number of likely N-dealkylation sites (N-methyl/N-ethyl adjacent to an activating group) is 1. The fraction of sp³-hybridized carbons (Fsp3) is 0.259. The topological polar surface area (TPSA) is 86.8 Å². The molecule has 0 heterocycles. The highest BCUT2D eigenvalue weighted by atomic mass is 35.5. The first-order valence-corrected chi connectivity index (χ1v) is 13.4. The Kier molecular flexibility index (Phi) is 9.12. The summed E-state index contributed by atoms with van der Waals surface area (Å²) in [6.07, 6.45) is 0.356. The Morgan fingerprint density at radius 1 is 0.944 bits per heavy atom. The summed E-state index contributed by atoms with van der Waals surface area (Å²) in [6, 6.07) is 21.1. The molecular formula is C27H30ClN3O4S. The minimum Gasteiger partial charge on any atom is -0.357 e. The third-order valence-corrected chi connectivity index (χ3v) is 7.87. The van der Waals surface area contributed by atoms with Crippen LogP contribution >= 0.6 is 11.6 Å². The van der Waals surface area contributed by atoms with Crippen LogP contribution in [0, 0.1) is 6.92 Å². The Balaban J connectivity index is 2.03. The van der Waals surface area contributed by atoms with Crippen molar-refractivity contribution >= 4 is 39.1 Å². The average Bonchev–Trinajstić information content (AvgIpc) is 2.89. The fourth-order valence-corrected chi connectivity index (χ4v) is 5.39. The van der Waals surface area contributed by atoms with Crippen LogP contribution in [-0.2, 0) is 26.2 Å². The molecule has 0 aliphatic rings. The van der Waals surface area contributed by atoms with Crippen molar-refractivity contribution in [1.82, 2.24) is 10.2 Å². The molecule has 0 aliphatic heterocycles. The first-order chi connectivity index (χ1) is 17.2. The highest BCUT2D eigenvalue weighted by Crippen LogP contribution is 2.25. The van der Waals surface area contributed by atoms with Gasteiger partial charge in [0.15, 0.2) is 0 Å². The van der Waals surface area contributed by atoms with Crippen LogP contribution in [0.25, 0.3) is 0 Å². The van der Waals surface area contributed by atoms with Crippen molar-refractivity contribution < 1.29 is 18.0 Å². The Hall–Kier alpha value is -3.36. The number of hydrogen-bond acceptors (Lipinski definition) is 4. The summed E-state index contributed by atoms with van der Waals surface area (Å²) in [6.45, 7) is 3.35. The van der Waals surface area contributed by atoms with Crippen LogP contribution in [0.2, 0.25) is 5.02 Å². The van der Waals surface area contributed by atoms with Gasteiger partial charge in [-0.1, -0.05) is 66.6 Å². The van der Waals surface area contributed by atoms with Crippen LogP contribution in [0.3, 0.4) is 0 Å². The maximum Gasteiger partial charge on any atom is 0.264 e. The number of aryl methyl sites for hydroxylation is 1. The fourth-order valence-electron chi connectivity index (χ4n) is 3.83. The molecule has 0 aromatic heterocycles. The van der Waals surface area contributed by atoms with Gasteiger partial charge in [0, 0.05) is 18.6 Å². The molecule has 0 radical (unpaired) electrons. The zero-order chi connectivity index (χ0) is 26.3. The van der Waals surface area contributed by atoms with Crippen LogP contribution in [0.15, 0.2) is 83.8 Å². The number of carbonyl (C=O) groups is 2. The molecule has 2 amide bonds. The second kappa shape index (κ2) is 12.1. The lowest BCUT2D eigenvalue weighted by molar-refractivity contribution is -0.140. The molecule has 9 heteroatoms. The molecule has 0 saturated carbocycles. The van der Waals surface area contributed by atoms with E-state index in [1.807, 2.05) is 6.92 Å². The van der Waals surface area contributed by atoms with Crippen molar-refractivity contribution in [3.63, 3.8) is 0 Å². The lowest BCUT2D eigenvalue weighted by Gasteiger charge is -2.33. The third-order valence-electron chi connectivity index (χ3n) is 5.83. The number of amides is 2. The molecule has 0 spiro atoms. The van der Waals surface area contributed by atoms with E-state index in [9.17, 15) is 18.0 Å². The van der Waals surface area contributed by atoms with Gasteiger partial charge >= 0.3 is 0 Å². The van der Waals surface area contributed by atoms with E-state index in [1.165, 1.54) is 24.1 Å². The van der Waals surface area contributed by atoms with Crippen LogP contribution in [-0.4, -0.2) is 44.8 Å². The molecule has 0 aliphatic carbocycles. The molecule has 3 aromatic carbocycles. The van der Waals surface area contributed by atoms with E-state index in [0.717, 1.165) is 15.4 Å². The summed E-state index contributed by atoms with van der Waals surface area (Å²) in [5.74, 6) is -0.826. The Bertz CT molecular complexity index is 1280. The van der Waals surface area contributed by atoms with Crippen molar-refractivity contribution in [1.29, 1.82) is 0 Å². The Labute approximate surface area is 217 Å². The molecular weight excluding hydrogens is 498 g/mol. The molecule has 190 valence electrons. The number of nitrogens with zero attached hydrogens (tertiary/aromatic N) is 2. The molecule has 0 unspecified atom stereocenters. The molecule has 3 rings (SSSR count). The number of benzene rings is 3. The van der Waals surface area contributed by atoms with E-state index in [4.69, 9.17) is 11.6 Å². The molecule has 0 bridgehead atoms. The summed E-state index contributed by atoms with van der Waals surface area (Å²) in [7, 11) is -2.56. The lowest BCUT2D eigenvalue weighted by atomic mass is 10.1. The first kappa shape index (κ1) is 27.2. The number of anilines is 1. The van der Waals surface area contributed by atoms with E-state index in [2.05, 4.69) is 5.32 Å². The van der Waals surface area contributed by atoms with Gasteiger partial charge in [-0.25, -0.2) is 8.42 Å². The highest BCUT2D eigenvalue weighted by Gasteiger charge is 2.33. The van der Waals surface area contributed by atoms with E-state index >= 15 is 0 Å². The normalized spacial score (nSPS) is 12.0. The molecule has 0 fully saturated rings. The van der Waals surface area contributed by atoms with E-state index in [1.54, 1.807) is 73.7 Å². The molecule has 1 atom stereocenters. The second-order valence-electron chi connectivity index (χ2n) is 8.35. The summed E-state index contributed by atoms with van der Waals surface area (Å²) in [4.78, 5) is 28.0. The van der Waals surface area contributed by atoms with E-state index in [-0.39, 0.29) is 17.3 Å². The summed E-state index contributed by atoms with van der Waals surface area (Å²) in [5.41, 5.74) is 2.08. The van der Waals surface area contributed by atoms with Crippen LogP contribution in [0.1, 0.15) is 24.5 Å². The molecule has 1 N–H and O–H groups in total. The van der Waals surface area contributed by atoms with Gasteiger partial charge in [0.2, 0.25) is 11.8 Å². The SMILES string of the molecule is CC[C@H](C(=O)NC)N(Cc1ccc(Cl)cc1)C(=O)CN(c1ccc(C)cc1)S(=O)(=O)c1ccccc1. The summed E-state index contributed by atoms with van der Waals surface area (Å²) < 4.78 is 28.4. The average molecular weight is 528 g/mol. The number of hydrogen-bond donors (Lipinski definition) is 1. The van der Waals surface area contributed by atoms with Gasteiger partial charge < -0.3 is 10.2 Å². The number of sulfonamides is 1. The van der Waals surface area contributed by atoms with Crippen molar-refractivity contribution in [2.45, 2.75) is 37.8 Å². The van der Waals surface area contributed by atoms with Crippen molar-refractivity contribution in [3.05, 3.63) is 95.0 Å². The van der Waals surface area contributed by atoms with E-state index in [0.29, 0.717) is 17.1 Å². The minimum absolute atomic E-state index is 0.0703. The van der Waals surface area contributed by atoms with Crippen molar-refractivity contribution in [2.75, 3.05) is 17.9 Å². The lowest BCUT2D eigenvalue weighted by Crippen LogP contribution is -2.51. The summed E-state index contributed by atoms with van der Waals surface area (Å²) >= 11 is 6.01. The van der Waals surface area contributed by atoms with Gasteiger partial charge in [0.25, 0.3) is 10.0 Å². The largest absolute Gasteiger partial charge is 0.357 e. The quantitative estimate of drug-likeness (QED) is 0.423. The van der Waals surface area contributed by atoms with E-state index < -0.39 is 28.5 Å². The predicted octanol–water partition coefficient (Wildman–Crippen LogP) is 4.40. The van der Waals surface area contributed by atoms with Gasteiger partial charge in [-0.15, -0.1) is 0 Å². The number of rotatable bonds is 10. The maximum atomic E-state index is 13.8. The highest BCUT2D eigenvalue weighted by molar-refractivity contribution is 7.92. The smallest absolute Gasteiger partial charge is 0.264 e.